The molecule has 2 aromatic heterocycles. The topological polar surface area (TPSA) is 9.86 Å². The summed E-state index contributed by atoms with van der Waals surface area (Å²) in [5.41, 5.74) is 12.1. The van der Waals surface area contributed by atoms with Gasteiger partial charge in [0.25, 0.3) is 0 Å². The van der Waals surface area contributed by atoms with Gasteiger partial charge in [0.15, 0.2) is 0 Å². The van der Waals surface area contributed by atoms with Gasteiger partial charge in [-0.25, -0.2) is 0 Å². The Hall–Kier alpha value is -6.90. The lowest BCUT2D eigenvalue weighted by Gasteiger charge is -2.12. The first kappa shape index (κ1) is 28.9. The van der Waals surface area contributed by atoms with Crippen LogP contribution < -0.4 is 0 Å². The molecule has 0 fully saturated rings. The van der Waals surface area contributed by atoms with E-state index in [4.69, 9.17) is 0 Å². The molecule has 0 aliphatic rings. The van der Waals surface area contributed by atoms with Gasteiger partial charge >= 0.3 is 0 Å². The minimum Gasteiger partial charge on any atom is -0.309 e. The van der Waals surface area contributed by atoms with Gasteiger partial charge in [-0.05, 0) is 111 Å². The molecule has 0 bridgehead atoms. The van der Waals surface area contributed by atoms with Crippen molar-refractivity contribution in [2.24, 2.45) is 0 Å². The van der Waals surface area contributed by atoms with Gasteiger partial charge in [-0.2, -0.15) is 0 Å². The minimum absolute atomic E-state index is 1.16. The first-order chi connectivity index (χ1) is 25.8. The van der Waals surface area contributed by atoms with E-state index >= 15 is 0 Å². The van der Waals surface area contributed by atoms with Crippen molar-refractivity contribution in [3.63, 3.8) is 0 Å². The summed E-state index contributed by atoms with van der Waals surface area (Å²) in [6, 6.07) is 71.0. The van der Waals surface area contributed by atoms with Gasteiger partial charge in [0.1, 0.15) is 0 Å². The molecule has 9 aromatic carbocycles. The molecule has 0 atom stereocenters. The van der Waals surface area contributed by atoms with Gasteiger partial charge in [0.2, 0.25) is 0 Å². The SMILES string of the molecule is c1ccc(-n2c3ccccc3c3cc(-c4ccc5c6cc(-c7cc8ccccc8c8ccccc78)ccc6n(-c6ccccc6)c5c4)ccc32)cc1. The zero-order valence-electron chi connectivity index (χ0n) is 28.4. The van der Waals surface area contributed by atoms with Crippen LogP contribution in [0.1, 0.15) is 0 Å². The number of aromatic nitrogens is 2. The number of benzene rings is 9. The second kappa shape index (κ2) is 11.3. The van der Waals surface area contributed by atoms with Crippen molar-refractivity contribution in [3.8, 4) is 33.6 Å². The quantitative estimate of drug-likeness (QED) is 0.166. The Morgan fingerprint density at radius 1 is 0.250 bits per heavy atom. The summed E-state index contributed by atoms with van der Waals surface area (Å²) in [4.78, 5) is 0. The van der Waals surface area contributed by atoms with Crippen LogP contribution in [-0.2, 0) is 0 Å². The molecule has 0 aliphatic carbocycles. The fourth-order valence-electron chi connectivity index (χ4n) is 8.52. The van der Waals surface area contributed by atoms with E-state index in [0.717, 1.165) is 5.69 Å². The van der Waals surface area contributed by atoms with Crippen molar-refractivity contribution in [2.45, 2.75) is 0 Å². The summed E-state index contributed by atoms with van der Waals surface area (Å²) in [5, 5.41) is 10.1. The first-order valence-electron chi connectivity index (χ1n) is 17.9. The van der Waals surface area contributed by atoms with Gasteiger partial charge < -0.3 is 9.13 Å². The van der Waals surface area contributed by atoms with E-state index in [0.29, 0.717) is 0 Å². The summed E-state index contributed by atoms with van der Waals surface area (Å²) in [6.45, 7) is 0. The lowest BCUT2D eigenvalue weighted by Crippen LogP contribution is -1.94. The normalized spacial score (nSPS) is 11.8. The lowest BCUT2D eigenvalue weighted by atomic mass is 9.92. The van der Waals surface area contributed by atoms with Gasteiger partial charge in [-0.3, -0.25) is 0 Å². The van der Waals surface area contributed by atoms with Crippen molar-refractivity contribution in [2.75, 3.05) is 0 Å². The molecule has 0 radical (unpaired) electrons. The third-order valence-electron chi connectivity index (χ3n) is 10.9. The smallest absolute Gasteiger partial charge is 0.0547 e. The van der Waals surface area contributed by atoms with Crippen molar-refractivity contribution < 1.29 is 0 Å². The molecule has 2 nitrogen and oxygen atoms in total. The average Bonchev–Trinajstić information content (AvgIpc) is 3.73. The zero-order valence-corrected chi connectivity index (χ0v) is 28.4. The Morgan fingerprint density at radius 2 is 0.731 bits per heavy atom. The molecule has 11 aromatic rings. The van der Waals surface area contributed by atoms with Gasteiger partial charge in [-0.15, -0.1) is 0 Å². The lowest BCUT2D eigenvalue weighted by molar-refractivity contribution is 1.18. The summed E-state index contributed by atoms with van der Waals surface area (Å²) >= 11 is 0. The summed E-state index contributed by atoms with van der Waals surface area (Å²) in [5.74, 6) is 0. The Kier molecular flexibility index (Phi) is 6.28. The minimum atomic E-state index is 1.16. The molecule has 0 aliphatic heterocycles. The Morgan fingerprint density at radius 3 is 1.46 bits per heavy atom. The monoisotopic (exact) mass is 660 g/mol. The number of rotatable bonds is 4. The number of nitrogens with zero attached hydrogens (tertiary/aromatic N) is 2. The highest BCUT2D eigenvalue weighted by molar-refractivity contribution is 6.16. The van der Waals surface area contributed by atoms with Crippen molar-refractivity contribution >= 4 is 65.2 Å². The Balaban J connectivity index is 1.13. The predicted molar refractivity (Wildman–Crippen MR) is 221 cm³/mol. The average molecular weight is 661 g/mol. The molecule has 0 saturated heterocycles. The summed E-state index contributed by atoms with van der Waals surface area (Å²) in [7, 11) is 0. The zero-order chi connectivity index (χ0) is 34.2. The van der Waals surface area contributed by atoms with Crippen LogP contribution in [0.25, 0.3) is 98.8 Å². The van der Waals surface area contributed by atoms with E-state index in [1.54, 1.807) is 0 Å². The second-order valence-electron chi connectivity index (χ2n) is 13.7. The maximum Gasteiger partial charge on any atom is 0.0547 e. The number of hydrogen-bond donors (Lipinski definition) is 0. The first-order valence-corrected chi connectivity index (χ1v) is 17.9. The molecule has 2 heteroatoms. The molecule has 0 spiro atoms. The number of para-hydroxylation sites is 3. The number of fused-ring (bicyclic) bond motifs is 9. The Bertz CT molecular complexity index is 3160. The fourth-order valence-corrected chi connectivity index (χ4v) is 8.52. The van der Waals surface area contributed by atoms with Crippen LogP contribution in [0.4, 0.5) is 0 Å². The summed E-state index contributed by atoms with van der Waals surface area (Å²) in [6.07, 6.45) is 0. The van der Waals surface area contributed by atoms with Crippen LogP contribution in [0.2, 0.25) is 0 Å². The van der Waals surface area contributed by atoms with Crippen molar-refractivity contribution in [1.29, 1.82) is 0 Å². The van der Waals surface area contributed by atoms with Crippen LogP contribution in [0.3, 0.4) is 0 Å². The van der Waals surface area contributed by atoms with E-state index in [-0.39, 0.29) is 0 Å². The molecule has 2 heterocycles. The molecule has 242 valence electrons. The highest BCUT2D eigenvalue weighted by atomic mass is 15.0. The molecule has 0 amide bonds. The van der Waals surface area contributed by atoms with E-state index in [1.807, 2.05) is 0 Å². The van der Waals surface area contributed by atoms with E-state index < -0.39 is 0 Å². The predicted octanol–water partition coefficient (Wildman–Crippen LogP) is 13.5. The van der Waals surface area contributed by atoms with Crippen LogP contribution in [-0.4, -0.2) is 9.13 Å². The Labute approximate surface area is 301 Å². The van der Waals surface area contributed by atoms with E-state index in [2.05, 4.69) is 203 Å². The van der Waals surface area contributed by atoms with Crippen LogP contribution in [0, 0.1) is 0 Å². The molecule has 0 saturated carbocycles. The third kappa shape index (κ3) is 4.31. The van der Waals surface area contributed by atoms with Gasteiger partial charge in [0, 0.05) is 32.9 Å². The molecular formula is C50H32N2. The second-order valence-corrected chi connectivity index (χ2v) is 13.7. The molecule has 52 heavy (non-hydrogen) atoms. The van der Waals surface area contributed by atoms with Crippen LogP contribution >= 0.6 is 0 Å². The summed E-state index contributed by atoms with van der Waals surface area (Å²) < 4.78 is 4.80. The third-order valence-corrected chi connectivity index (χ3v) is 10.9. The molecule has 0 unspecified atom stereocenters. The largest absolute Gasteiger partial charge is 0.309 e. The standard InChI is InChI=1S/C50H32N2/c1-3-14-37(15-4-1)51-47-22-12-11-21-42(47)45-29-33(24-27-48(45)51)34-23-26-43-46-31-36(25-28-49(46)52(50(43)32-34)38-16-5-2-6-17-38)44-30-35-13-7-8-18-39(35)40-19-9-10-20-41(40)44/h1-32H. The van der Waals surface area contributed by atoms with Gasteiger partial charge in [0.05, 0.1) is 22.1 Å². The fraction of sp³-hybridized carbons (Fsp3) is 0. The molecule has 0 N–H and O–H groups in total. The molecular weight excluding hydrogens is 629 g/mol. The van der Waals surface area contributed by atoms with Crippen molar-refractivity contribution in [1.82, 2.24) is 9.13 Å². The van der Waals surface area contributed by atoms with Crippen LogP contribution in [0.15, 0.2) is 194 Å². The van der Waals surface area contributed by atoms with Crippen molar-refractivity contribution in [3.05, 3.63) is 194 Å². The van der Waals surface area contributed by atoms with Crippen LogP contribution in [0.5, 0.6) is 0 Å². The number of hydrogen-bond acceptors (Lipinski definition) is 0. The highest BCUT2D eigenvalue weighted by Crippen LogP contribution is 2.41. The highest BCUT2D eigenvalue weighted by Gasteiger charge is 2.17. The maximum atomic E-state index is 2.43. The van der Waals surface area contributed by atoms with E-state index in [1.165, 1.54) is 93.1 Å². The van der Waals surface area contributed by atoms with Gasteiger partial charge in [-0.1, -0.05) is 127 Å². The maximum absolute atomic E-state index is 2.43. The van der Waals surface area contributed by atoms with E-state index in [9.17, 15) is 0 Å². The molecule has 11 rings (SSSR count).